The second kappa shape index (κ2) is 3.25. The molecule has 2 aromatic heterocycles. The minimum Gasteiger partial charge on any atom is -0.369 e. The summed E-state index contributed by atoms with van der Waals surface area (Å²) in [6, 6.07) is 0. The predicted octanol–water partition coefficient (Wildman–Crippen LogP) is 1.69. The van der Waals surface area contributed by atoms with Crippen LogP contribution >= 0.6 is 11.3 Å². The molecule has 0 aromatic carbocycles. The van der Waals surface area contributed by atoms with Gasteiger partial charge in [-0.3, -0.25) is 9.78 Å². The molecule has 3 rings (SSSR count). The van der Waals surface area contributed by atoms with E-state index in [1.807, 2.05) is 0 Å². The van der Waals surface area contributed by atoms with Crippen LogP contribution < -0.4 is 11.3 Å². The Balaban J connectivity index is 2.32. The molecule has 0 atom stereocenters. The minimum atomic E-state index is -2.71. The van der Waals surface area contributed by atoms with Crippen LogP contribution in [-0.2, 0) is 12.8 Å². The van der Waals surface area contributed by atoms with Crippen LogP contribution in [0.15, 0.2) is 4.79 Å². The van der Waals surface area contributed by atoms with Crippen molar-refractivity contribution in [3.63, 3.8) is 0 Å². The number of aromatic nitrogens is 2. The number of alkyl halides is 2. The van der Waals surface area contributed by atoms with Crippen LogP contribution in [0.5, 0.6) is 0 Å². The van der Waals surface area contributed by atoms with Crippen molar-refractivity contribution in [2.45, 2.75) is 25.2 Å². The molecule has 0 amide bonds. The van der Waals surface area contributed by atoms with Crippen molar-refractivity contribution in [1.82, 2.24) is 9.97 Å². The number of rotatable bonds is 0. The Labute approximate surface area is 98.5 Å². The highest BCUT2D eigenvalue weighted by atomic mass is 32.1. The zero-order chi connectivity index (χ0) is 12.2. The second-order valence-corrected chi connectivity index (χ2v) is 5.27. The number of hydrogen-bond acceptors (Lipinski definition) is 4. The molecule has 0 saturated heterocycles. The largest absolute Gasteiger partial charge is 0.369 e. The van der Waals surface area contributed by atoms with Crippen molar-refractivity contribution in [3.05, 3.63) is 20.8 Å². The molecule has 2 heterocycles. The van der Waals surface area contributed by atoms with Gasteiger partial charge in [0.15, 0.2) is 0 Å². The maximum atomic E-state index is 13.3. The summed E-state index contributed by atoms with van der Waals surface area (Å²) < 4.78 is 27.1. The van der Waals surface area contributed by atoms with E-state index in [1.165, 1.54) is 11.3 Å². The quantitative estimate of drug-likeness (QED) is 0.754. The van der Waals surface area contributed by atoms with Gasteiger partial charge in [-0.25, -0.2) is 13.8 Å². The maximum absolute atomic E-state index is 13.3. The third-order valence-corrected chi connectivity index (χ3v) is 4.18. The molecule has 0 unspecified atom stereocenters. The number of aryl methyl sites for hydroxylation is 1. The van der Waals surface area contributed by atoms with E-state index in [1.54, 1.807) is 0 Å². The van der Waals surface area contributed by atoms with E-state index >= 15 is 0 Å². The molecular formula is C10H9F2N3OS. The molecule has 17 heavy (non-hydrogen) atoms. The lowest BCUT2D eigenvalue weighted by Gasteiger charge is -2.21. The molecule has 0 spiro atoms. The molecular weight excluding hydrogens is 248 g/mol. The molecule has 1 aliphatic rings. The first-order valence-electron chi connectivity index (χ1n) is 5.14. The third kappa shape index (κ3) is 1.61. The number of halogens is 2. The van der Waals surface area contributed by atoms with Gasteiger partial charge in [-0.2, -0.15) is 0 Å². The summed E-state index contributed by atoms with van der Waals surface area (Å²) in [4.78, 5) is 18.8. The number of fused-ring (bicyclic) bond motifs is 3. The van der Waals surface area contributed by atoms with E-state index in [2.05, 4.69) is 9.97 Å². The number of aromatic amines is 1. The van der Waals surface area contributed by atoms with Crippen molar-refractivity contribution in [2.75, 3.05) is 5.73 Å². The molecule has 1 aliphatic carbocycles. The number of thiophene rings is 1. The summed E-state index contributed by atoms with van der Waals surface area (Å²) in [6.45, 7) is 0. The summed E-state index contributed by atoms with van der Waals surface area (Å²) in [6.07, 6.45) is -0.221. The van der Waals surface area contributed by atoms with Gasteiger partial charge in [-0.1, -0.05) is 0 Å². The van der Waals surface area contributed by atoms with Gasteiger partial charge in [0.05, 0.1) is 5.52 Å². The van der Waals surface area contributed by atoms with Crippen LogP contribution in [-0.4, -0.2) is 15.9 Å². The second-order valence-electron chi connectivity index (χ2n) is 4.17. The number of anilines is 1. The third-order valence-electron chi connectivity index (χ3n) is 2.90. The Morgan fingerprint density at radius 1 is 1.47 bits per heavy atom. The topological polar surface area (TPSA) is 71.8 Å². The van der Waals surface area contributed by atoms with Crippen LogP contribution in [0.25, 0.3) is 10.2 Å². The Morgan fingerprint density at radius 2 is 2.24 bits per heavy atom. The van der Waals surface area contributed by atoms with E-state index in [4.69, 9.17) is 5.73 Å². The standard InChI is InChI=1S/C10H9F2N3OS/c11-10(12)2-1-5-4(3-10)6-7(17-5)8(16)15-9(13)14-6/h1-3H2,(H3,13,14,15,16). The molecule has 0 aliphatic heterocycles. The monoisotopic (exact) mass is 257 g/mol. The lowest BCUT2D eigenvalue weighted by atomic mass is 9.95. The first-order valence-corrected chi connectivity index (χ1v) is 5.96. The average Bonchev–Trinajstić information content (AvgIpc) is 2.55. The van der Waals surface area contributed by atoms with Crippen LogP contribution in [0.4, 0.5) is 14.7 Å². The molecule has 0 saturated carbocycles. The number of nitrogens with zero attached hydrogens (tertiary/aromatic N) is 1. The number of nitrogens with one attached hydrogen (secondary N) is 1. The summed E-state index contributed by atoms with van der Waals surface area (Å²) in [5.74, 6) is -2.74. The highest BCUT2D eigenvalue weighted by Gasteiger charge is 2.36. The van der Waals surface area contributed by atoms with E-state index in [-0.39, 0.29) is 24.3 Å². The molecule has 2 aromatic rings. The van der Waals surface area contributed by atoms with Crippen molar-refractivity contribution in [2.24, 2.45) is 0 Å². The van der Waals surface area contributed by atoms with Crippen molar-refractivity contribution in [1.29, 1.82) is 0 Å². The summed E-state index contributed by atoms with van der Waals surface area (Å²) in [5, 5.41) is 0. The van der Waals surface area contributed by atoms with Gasteiger partial charge < -0.3 is 5.73 Å². The Bertz CT molecular complexity index is 661. The summed E-state index contributed by atoms with van der Waals surface area (Å²) >= 11 is 1.24. The van der Waals surface area contributed by atoms with E-state index < -0.39 is 5.92 Å². The summed E-state index contributed by atoms with van der Waals surface area (Å²) in [7, 11) is 0. The van der Waals surface area contributed by atoms with Gasteiger partial charge in [0.25, 0.3) is 11.5 Å². The lowest BCUT2D eigenvalue weighted by molar-refractivity contribution is -0.0113. The van der Waals surface area contributed by atoms with Gasteiger partial charge in [-0.05, 0) is 12.0 Å². The zero-order valence-electron chi connectivity index (χ0n) is 8.72. The molecule has 90 valence electrons. The fraction of sp³-hybridized carbons (Fsp3) is 0.400. The van der Waals surface area contributed by atoms with Crippen LogP contribution in [0.3, 0.4) is 0 Å². The number of hydrogen-bond donors (Lipinski definition) is 2. The van der Waals surface area contributed by atoms with E-state index in [9.17, 15) is 13.6 Å². The highest BCUT2D eigenvalue weighted by Crippen LogP contribution is 2.39. The van der Waals surface area contributed by atoms with Crippen molar-refractivity contribution < 1.29 is 8.78 Å². The van der Waals surface area contributed by atoms with Gasteiger partial charge >= 0.3 is 0 Å². The summed E-state index contributed by atoms with van der Waals surface area (Å²) in [5.41, 5.74) is 5.91. The van der Waals surface area contributed by atoms with Crippen LogP contribution in [0.2, 0.25) is 0 Å². The Kier molecular flexibility index (Phi) is 2.04. The number of H-pyrrole nitrogens is 1. The highest BCUT2D eigenvalue weighted by molar-refractivity contribution is 7.19. The fourth-order valence-corrected chi connectivity index (χ4v) is 3.28. The number of nitrogen functional groups attached to an aromatic ring is 1. The zero-order valence-corrected chi connectivity index (χ0v) is 9.53. The smallest absolute Gasteiger partial charge is 0.270 e. The molecule has 0 fully saturated rings. The normalized spacial score (nSPS) is 18.2. The van der Waals surface area contributed by atoms with Gasteiger partial charge in [0, 0.05) is 17.7 Å². The molecule has 0 radical (unpaired) electrons. The van der Waals surface area contributed by atoms with Gasteiger partial charge in [0.2, 0.25) is 5.95 Å². The number of nitrogens with two attached hydrogens (primary N) is 1. The first-order chi connectivity index (χ1) is 7.96. The van der Waals surface area contributed by atoms with Crippen molar-refractivity contribution in [3.8, 4) is 0 Å². The molecule has 7 heteroatoms. The minimum absolute atomic E-state index is 0.0306. The SMILES string of the molecule is Nc1nc2c3c(sc2c(=O)[nH]1)CCC(F)(F)C3. The van der Waals surface area contributed by atoms with E-state index in [0.717, 1.165) is 4.88 Å². The maximum Gasteiger partial charge on any atom is 0.270 e. The Hall–Kier alpha value is -1.50. The molecule has 3 N–H and O–H groups in total. The van der Waals surface area contributed by atoms with Crippen LogP contribution in [0.1, 0.15) is 16.9 Å². The predicted molar refractivity (Wildman–Crippen MR) is 61.6 cm³/mol. The molecule has 0 bridgehead atoms. The van der Waals surface area contributed by atoms with Crippen LogP contribution in [0, 0.1) is 0 Å². The van der Waals surface area contributed by atoms with E-state index in [0.29, 0.717) is 22.2 Å². The first kappa shape index (κ1) is 10.6. The Morgan fingerprint density at radius 3 is 3.00 bits per heavy atom. The molecule has 4 nitrogen and oxygen atoms in total. The average molecular weight is 257 g/mol. The van der Waals surface area contributed by atoms with Crippen molar-refractivity contribution >= 4 is 27.5 Å². The fourth-order valence-electron chi connectivity index (χ4n) is 2.12. The lowest BCUT2D eigenvalue weighted by Crippen LogP contribution is -2.25. The van der Waals surface area contributed by atoms with Gasteiger partial charge in [0.1, 0.15) is 4.70 Å². The van der Waals surface area contributed by atoms with Gasteiger partial charge in [-0.15, -0.1) is 11.3 Å².